The molecule has 1 rings (SSSR count). The van der Waals surface area contributed by atoms with E-state index in [2.05, 4.69) is 6.92 Å². The van der Waals surface area contributed by atoms with E-state index in [9.17, 15) is 4.79 Å². The topological polar surface area (TPSA) is 26.3 Å². The van der Waals surface area contributed by atoms with Crippen LogP contribution in [-0.4, -0.2) is 19.0 Å². The van der Waals surface area contributed by atoms with Crippen molar-refractivity contribution < 1.29 is 9.53 Å². The quantitative estimate of drug-likeness (QED) is 0.532. The third kappa shape index (κ3) is 5.38. The number of Topliss-reactive ketones (excluding diaryl/α,β-unsaturated/α-hetero) is 1. The van der Waals surface area contributed by atoms with Crippen LogP contribution in [-0.2, 0) is 9.53 Å². The zero-order valence-electron chi connectivity index (χ0n) is 9.26. The van der Waals surface area contributed by atoms with E-state index in [1.54, 1.807) is 0 Å². The molecule has 1 aliphatic carbocycles. The van der Waals surface area contributed by atoms with Crippen LogP contribution >= 0.6 is 0 Å². The van der Waals surface area contributed by atoms with Gasteiger partial charge >= 0.3 is 0 Å². The molecule has 1 saturated carbocycles. The van der Waals surface area contributed by atoms with Gasteiger partial charge in [-0.05, 0) is 19.3 Å². The van der Waals surface area contributed by atoms with Gasteiger partial charge in [-0.25, -0.2) is 0 Å². The van der Waals surface area contributed by atoms with E-state index in [-0.39, 0.29) is 0 Å². The van der Waals surface area contributed by atoms with Crippen molar-refractivity contribution in [1.82, 2.24) is 0 Å². The van der Waals surface area contributed by atoms with Gasteiger partial charge in [-0.2, -0.15) is 0 Å². The van der Waals surface area contributed by atoms with Gasteiger partial charge in [-0.1, -0.05) is 32.6 Å². The molecule has 0 aromatic rings. The minimum Gasteiger partial charge on any atom is -0.374 e. The second-order valence-electron chi connectivity index (χ2n) is 4.21. The summed E-state index contributed by atoms with van der Waals surface area (Å²) in [5.41, 5.74) is 0. The molecule has 0 saturated heterocycles. The Kier molecular flexibility index (Phi) is 5.85. The highest BCUT2D eigenvalue weighted by molar-refractivity contribution is 5.84. The summed E-state index contributed by atoms with van der Waals surface area (Å²) < 4.78 is 5.33. The van der Waals surface area contributed by atoms with Crippen molar-refractivity contribution in [3.63, 3.8) is 0 Å². The largest absolute Gasteiger partial charge is 0.374 e. The molecule has 0 N–H and O–H groups in total. The van der Waals surface area contributed by atoms with Crippen LogP contribution in [0.5, 0.6) is 0 Å². The van der Waals surface area contributed by atoms with Crippen molar-refractivity contribution in [2.24, 2.45) is 5.92 Å². The molecule has 0 bridgehead atoms. The minimum atomic E-state index is 0.318. The van der Waals surface area contributed by atoms with Crippen molar-refractivity contribution >= 4 is 5.78 Å². The molecule has 82 valence electrons. The van der Waals surface area contributed by atoms with E-state index in [4.69, 9.17) is 4.74 Å². The van der Waals surface area contributed by atoms with Crippen molar-refractivity contribution in [3.05, 3.63) is 0 Å². The smallest absolute Gasteiger partial charge is 0.161 e. The maximum absolute atomic E-state index is 11.2. The van der Waals surface area contributed by atoms with Gasteiger partial charge in [-0.3, -0.25) is 4.79 Å². The maximum atomic E-state index is 11.2. The van der Waals surface area contributed by atoms with E-state index in [1.807, 2.05) is 0 Å². The first-order valence-corrected chi connectivity index (χ1v) is 5.95. The summed E-state index contributed by atoms with van der Waals surface area (Å²) in [7, 11) is 0. The Morgan fingerprint density at radius 3 is 2.57 bits per heavy atom. The van der Waals surface area contributed by atoms with Crippen LogP contribution in [0.1, 0.15) is 51.9 Å². The molecular weight excluding hydrogens is 176 g/mol. The Balaban J connectivity index is 1.77. The van der Waals surface area contributed by atoms with Crippen molar-refractivity contribution in [2.75, 3.05) is 13.2 Å². The minimum absolute atomic E-state index is 0.318. The molecule has 1 aliphatic rings. The molecule has 0 heterocycles. The number of carbonyl (C=O) groups excluding carboxylic acids is 1. The molecule has 2 heteroatoms. The lowest BCUT2D eigenvalue weighted by Gasteiger charge is -2.02. The molecular formula is C12H22O2. The fourth-order valence-electron chi connectivity index (χ4n) is 1.50. The van der Waals surface area contributed by atoms with Gasteiger partial charge in [0.05, 0.1) is 0 Å². The van der Waals surface area contributed by atoms with Gasteiger partial charge in [0, 0.05) is 12.5 Å². The number of rotatable bonds is 9. The first-order valence-electron chi connectivity index (χ1n) is 5.95. The number of ether oxygens (including phenoxy) is 1. The highest BCUT2D eigenvalue weighted by Gasteiger charge is 2.28. The van der Waals surface area contributed by atoms with Gasteiger partial charge in [0.25, 0.3) is 0 Å². The third-order valence-corrected chi connectivity index (χ3v) is 2.67. The number of unbranched alkanes of at least 4 members (excludes halogenated alkanes) is 4. The fourth-order valence-corrected chi connectivity index (χ4v) is 1.50. The fraction of sp³-hybridized carbons (Fsp3) is 0.917. The van der Waals surface area contributed by atoms with Crippen LogP contribution in [0.15, 0.2) is 0 Å². The average Bonchev–Trinajstić information content (AvgIpc) is 2.99. The summed E-state index contributed by atoms with van der Waals surface area (Å²) in [5, 5.41) is 0. The molecule has 0 aliphatic heterocycles. The first kappa shape index (κ1) is 11.7. The second kappa shape index (κ2) is 6.99. The molecule has 0 unspecified atom stereocenters. The van der Waals surface area contributed by atoms with E-state index >= 15 is 0 Å². The van der Waals surface area contributed by atoms with Gasteiger partial charge in [-0.15, -0.1) is 0 Å². The van der Waals surface area contributed by atoms with Crippen LogP contribution in [0.4, 0.5) is 0 Å². The molecule has 0 aromatic heterocycles. The molecule has 2 nitrogen and oxygen atoms in total. The van der Waals surface area contributed by atoms with Crippen LogP contribution in [0.25, 0.3) is 0 Å². The van der Waals surface area contributed by atoms with Crippen LogP contribution in [0.2, 0.25) is 0 Å². The predicted octanol–water partition coefficient (Wildman–Crippen LogP) is 2.95. The third-order valence-electron chi connectivity index (χ3n) is 2.67. The Labute approximate surface area is 87.0 Å². The molecule has 14 heavy (non-hydrogen) atoms. The van der Waals surface area contributed by atoms with Crippen molar-refractivity contribution in [3.8, 4) is 0 Å². The van der Waals surface area contributed by atoms with E-state index in [0.717, 1.165) is 25.9 Å². The Hall–Kier alpha value is -0.370. The lowest BCUT2D eigenvalue weighted by atomic mass is 10.2. The number of ketones is 1. The maximum Gasteiger partial charge on any atom is 0.161 e. The Morgan fingerprint density at radius 1 is 1.21 bits per heavy atom. The second-order valence-corrected chi connectivity index (χ2v) is 4.21. The zero-order chi connectivity index (χ0) is 10.2. The van der Waals surface area contributed by atoms with E-state index in [1.165, 1.54) is 25.7 Å². The van der Waals surface area contributed by atoms with Gasteiger partial charge in [0.1, 0.15) is 6.61 Å². The molecule has 1 fully saturated rings. The number of hydrogen-bond acceptors (Lipinski definition) is 2. The lowest BCUT2D eigenvalue weighted by Crippen LogP contribution is -2.10. The normalized spacial score (nSPS) is 15.8. The summed E-state index contributed by atoms with van der Waals surface area (Å²) in [6.07, 6.45) is 8.44. The first-order chi connectivity index (χ1) is 6.84. The highest BCUT2D eigenvalue weighted by atomic mass is 16.5. The highest BCUT2D eigenvalue weighted by Crippen LogP contribution is 2.29. The van der Waals surface area contributed by atoms with E-state index < -0.39 is 0 Å². The summed E-state index contributed by atoms with van der Waals surface area (Å²) in [6.45, 7) is 3.34. The van der Waals surface area contributed by atoms with Crippen molar-refractivity contribution in [1.29, 1.82) is 0 Å². The molecule has 0 atom stereocenters. The Bertz CT molecular complexity index is 162. The monoisotopic (exact) mass is 198 g/mol. The Morgan fingerprint density at radius 2 is 1.93 bits per heavy atom. The van der Waals surface area contributed by atoms with Crippen LogP contribution < -0.4 is 0 Å². The summed E-state index contributed by atoms with van der Waals surface area (Å²) in [4.78, 5) is 11.2. The molecule has 0 radical (unpaired) electrons. The summed E-state index contributed by atoms with van der Waals surface area (Å²) in [6, 6.07) is 0. The summed E-state index contributed by atoms with van der Waals surface area (Å²) >= 11 is 0. The van der Waals surface area contributed by atoms with Gasteiger partial charge in [0.2, 0.25) is 0 Å². The van der Waals surface area contributed by atoms with Crippen LogP contribution in [0, 0.1) is 5.92 Å². The zero-order valence-corrected chi connectivity index (χ0v) is 9.26. The average molecular weight is 198 g/mol. The summed E-state index contributed by atoms with van der Waals surface area (Å²) in [5.74, 6) is 0.675. The van der Waals surface area contributed by atoms with Crippen molar-refractivity contribution in [2.45, 2.75) is 51.9 Å². The SMILES string of the molecule is CCCCCCCOCC(=O)C1CC1. The number of hydrogen-bond donors (Lipinski definition) is 0. The predicted molar refractivity (Wildman–Crippen MR) is 57.3 cm³/mol. The van der Waals surface area contributed by atoms with Crippen LogP contribution in [0.3, 0.4) is 0 Å². The van der Waals surface area contributed by atoms with E-state index in [0.29, 0.717) is 18.3 Å². The molecule has 0 spiro atoms. The molecule has 0 aromatic carbocycles. The lowest BCUT2D eigenvalue weighted by molar-refractivity contribution is -0.124. The number of carbonyl (C=O) groups is 1. The molecule has 0 amide bonds. The van der Waals surface area contributed by atoms with Gasteiger partial charge < -0.3 is 4.74 Å². The standard InChI is InChI=1S/C12H22O2/c1-2-3-4-5-6-9-14-10-12(13)11-7-8-11/h11H,2-10H2,1H3. The van der Waals surface area contributed by atoms with Gasteiger partial charge in [0.15, 0.2) is 5.78 Å².